The molecular formula is C12H11BrN4O2. The van der Waals surface area contributed by atoms with Gasteiger partial charge in [0.15, 0.2) is 5.69 Å². The molecule has 0 amide bonds. The zero-order valence-corrected chi connectivity index (χ0v) is 12.0. The summed E-state index contributed by atoms with van der Waals surface area (Å²) in [7, 11) is 1.71. The molecule has 0 aliphatic rings. The number of carbonyl (C=O) groups excluding carboxylic acids is 1. The third kappa shape index (κ3) is 3.25. The molecule has 0 saturated carbocycles. The maximum atomic E-state index is 11.8. The normalized spacial score (nSPS) is 11.4. The predicted octanol–water partition coefficient (Wildman–Crippen LogP) is 2.16. The summed E-state index contributed by atoms with van der Waals surface area (Å²) in [6.45, 7) is 1.71. The smallest absolute Gasteiger partial charge is 0.311 e. The molecule has 2 heterocycles. The molecule has 6 nitrogen and oxygen atoms in total. The Morgan fingerprint density at radius 1 is 1.47 bits per heavy atom. The molecule has 0 bridgehead atoms. The first-order valence-electron chi connectivity index (χ1n) is 5.44. The highest BCUT2D eigenvalue weighted by Gasteiger charge is 2.16. The van der Waals surface area contributed by atoms with Crippen molar-refractivity contribution in [3.8, 4) is 0 Å². The van der Waals surface area contributed by atoms with Gasteiger partial charge in [0.2, 0.25) is 0 Å². The lowest BCUT2D eigenvalue weighted by atomic mass is 10.3. The quantitative estimate of drug-likeness (QED) is 0.493. The number of rotatable bonds is 3. The second-order valence-electron chi connectivity index (χ2n) is 3.77. The molecule has 0 aliphatic heterocycles. The van der Waals surface area contributed by atoms with Crippen molar-refractivity contribution in [2.75, 3.05) is 0 Å². The number of hydrogen-bond donors (Lipinski definition) is 0. The molecule has 0 atom stereocenters. The lowest BCUT2D eigenvalue weighted by molar-refractivity contribution is 0.0507. The SMILES string of the molecule is C/C(=N\OC(=O)c1nn(C)cc1Br)c1ccccn1. The van der Waals surface area contributed by atoms with Crippen molar-refractivity contribution in [3.05, 3.63) is 46.5 Å². The fraction of sp³-hybridized carbons (Fsp3) is 0.167. The Hall–Kier alpha value is -2.02. The van der Waals surface area contributed by atoms with Crippen LogP contribution in [-0.2, 0) is 11.9 Å². The van der Waals surface area contributed by atoms with Gasteiger partial charge >= 0.3 is 5.97 Å². The van der Waals surface area contributed by atoms with Crippen molar-refractivity contribution in [2.24, 2.45) is 12.2 Å². The number of carbonyl (C=O) groups is 1. The minimum absolute atomic E-state index is 0.181. The van der Waals surface area contributed by atoms with Gasteiger partial charge in [0.05, 0.1) is 10.2 Å². The Bertz CT molecular complexity index is 622. The van der Waals surface area contributed by atoms with E-state index in [1.807, 2.05) is 6.07 Å². The van der Waals surface area contributed by atoms with Gasteiger partial charge in [0.1, 0.15) is 5.71 Å². The van der Waals surface area contributed by atoms with Crippen molar-refractivity contribution in [1.82, 2.24) is 14.8 Å². The second-order valence-corrected chi connectivity index (χ2v) is 4.62. The maximum absolute atomic E-state index is 11.8. The summed E-state index contributed by atoms with van der Waals surface area (Å²) >= 11 is 3.22. The van der Waals surface area contributed by atoms with Crippen molar-refractivity contribution >= 4 is 27.6 Å². The molecule has 0 saturated heterocycles. The molecule has 19 heavy (non-hydrogen) atoms. The van der Waals surface area contributed by atoms with Crippen molar-refractivity contribution < 1.29 is 9.63 Å². The lowest BCUT2D eigenvalue weighted by Crippen LogP contribution is -2.06. The van der Waals surface area contributed by atoms with Gasteiger partial charge in [-0.25, -0.2) is 4.79 Å². The zero-order chi connectivity index (χ0) is 13.8. The highest BCUT2D eigenvalue weighted by Crippen LogP contribution is 2.15. The van der Waals surface area contributed by atoms with Crippen molar-refractivity contribution in [2.45, 2.75) is 6.92 Å². The molecule has 2 aromatic rings. The number of nitrogens with zero attached hydrogens (tertiary/aromatic N) is 4. The highest BCUT2D eigenvalue weighted by atomic mass is 79.9. The molecule has 7 heteroatoms. The van der Waals surface area contributed by atoms with Crippen LogP contribution in [0.3, 0.4) is 0 Å². The molecule has 0 N–H and O–H groups in total. The number of aryl methyl sites for hydroxylation is 1. The lowest BCUT2D eigenvalue weighted by Gasteiger charge is -1.99. The van der Waals surface area contributed by atoms with Crippen LogP contribution in [-0.4, -0.2) is 26.4 Å². The van der Waals surface area contributed by atoms with Crippen LogP contribution in [0.15, 0.2) is 40.2 Å². The number of halogens is 1. The Morgan fingerprint density at radius 3 is 2.84 bits per heavy atom. The molecule has 0 aliphatic carbocycles. The third-order valence-electron chi connectivity index (χ3n) is 2.28. The van der Waals surface area contributed by atoms with Gasteiger partial charge in [-0.15, -0.1) is 0 Å². The van der Waals surface area contributed by atoms with E-state index in [4.69, 9.17) is 4.84 Å². The van der Waals surface area contributed by atoms with Gasteiger partial charge in [-0.3, -0.25) is 9.67 Å². The molecule has 0 fully saturated rings. The van der Waals surface area contributed by atoms with Gasteiger partial charge in [0.25, 0.3) is 0 Å². The van der Waals surface area contributed by atoms with Crippen molar-refractivity contribution in [1.29, 1.82) is 0 Å². The predicted molar refractivity (Wildman–Crippen MR) is 72.8 cm³/mol. The van der Waals surface area contributed by atoms with Gasteiger partial charge in [-0.1, -0.05) is 11.2 Å². The molecular weight excluding hydrogens is 312 g/mol. The first-order chi connectivity index (χ1) is 9.08. The fourth-order valence-electron chi connectivity index (χ4n) is 1.37. The Morgan fingerprint density at radius 2 is 2.26 bits per heavy atom. The number of pyridine rings is 1. The Labute approximate surface area is 118 Å². The Balaban J connectivity index is 2.10. The monoisotopic (exact) mass is 322 g/mol. The zero-order valence-electron chi connectivity index (χ0n) is 10.4. The van der Waals surface area contributed by atoms with Crippen LogP contribution >= 0.6 is 15.9 Å². The summed E-state index contributed by atoms with van der Waals surface area (Å²) in [5, 5.41) is 7.73. The van der Waals surface area contributed by atoms with Crippen LogP contribution in [0.2, 0.25) is 0 Å². The van der Waals surface area contributed by atoms with E-state index < -0.39 is 5.97 Å². The first-order valence-corrected chi connectivity index (χ1v) is 6.23. The number of oxime groups is 1. The molecule has 0 aromatic carbocycles. The van der Waals surface area contributed by atoms with E-state index in [0.717, 1.165) is 0 Å². The minimum Gasteiger partial charge on any atom is -0.311 e. The topological polar surface area (TPSA) is 69.4 Å². The summed E-state index contributed by atoms with van der Waals surface area (Å²) in [6, 6.07) is 5.41. The molecule has 0 radical (unpaired) electrons. The third-order valence-corrected chi connectivity index (χ3v) is 2.86. The van der Waals surface area contributed by atoms with E-state index in [9.17, 15) is 4.79 Å². The molecule has 2 aromatic heterocycles. The summed E-state index contributed by atoms with van der Waals surface area (Å²) in [6.07, 6.45) is 3.30. The molecule has 0 unspecified atom stereocenters. The van der Waals surface area contributed by atoms with Crippen LogP contribution in [0.5, 0.6) is 0 Å². The van der Waals surface area contributed by atoms with E-state index in [1.54, 1.807) is 38.5 Å². The molecule has 98 valence electrons. The summed E-state index contributed by atoms with van der Waals surface area (Å²) in [4.78, 5) is 20.7. The summed E-state index contributed by atoms with van der Waals surface area (Å²) in [5.41, 5.74) is 1.34. The minimum atomic E-state index is -0.622. The van der Waals surface area contributed by atoms with E-state index in [0.29, 0.717) is 15.9 Å². The standard InChI is InChI=1S/C12H11BrN4O2/c1-8(10-5-3-4-6-14-10)16-19-12(18)11-9(13)7-17(2)15-11/h3-7H,1-2H3/b16-8+. The molecule has 2 rings (SSSR count). The van der Waals surface area contributed by atoms with Crippen LogP contribution in [0.25, 0.3) is 0 Å². The summed E-state index contributed by atoms with van der Waals surface area (Å²) < 4.78 is 2.07. The van der Waals surface area contributed by atoms with E-state index in [-0.39, 0.29) is 5.69 Å². The highest BCUT2D eigenvalue weighted by molar-refractivity contribution is 9.10. The number of aromatic nitrogens is 3. The first kappa shape index (κ1) is 13.4. The van der Waals surface area contributed by atoms with Crippen LogP contribution in [0, 0.1) is 0 Å². The van der Waals surface area contributed by atoms with Crippen LogP contribution in [0.4, 0.5) is 0 Å². The van der Waals surface area contributed by atoms with Gasteiger partial charge in [-0.05, 0) is 35.0 Å². The largest absolute Gasteiger partial charge is 0.386 e. The van der Waals surface area contributed by atoms with Crippen LogP contribution in [0.1, 0.15) is 23.1 Å². The van der Waals surface area contributed by atoms with E-state index in [2.05, 4.69) is 31.2 Å². The van der Waals surface area contributed by atoms with Crippen LogP contribution < -0.4 is 0 Å². The van der Waals surface area contributed by atoms with E-state index in [1.165, 1.54) is 4.68 Å². The fourth-order valence-corrected chi connectivity index (χ4v) is 1.91. The average Bonchev–Trinajstić information content (AvgIpc) is 2.75. The number of hydrogen-bond acceptors (Lipinski definition) is 5. The van der Waals surface area contributed by atoms with E-state index >= 15 is 0 Å². The second kappa shape index (κ2) is 5.75. The van der Waals surface area contributed by atoms with Gasteiger partial charge in [0, 0.05) is 19.4 Å². The van der Waals surface area contributed by atoms with Gasteiger partial charge < -0.3 is 4.84 Å². The van der Waals surface area contributed by atoms with Gasteiger partial charge in [-0.2, -0.15) is 5.10 Å². The van der Waals surface area contributed by atoms with Crippen molar-refractivity contribution in [3.63, 3.8) is 0 Å². The summed E-state index contributed by atoms with van der Waals surface area (Å²) in [5.74, 6) is -0.622. The molecule has 0 spiro atoms. The average molecular weight is 323 g/mol. The Kier molecular flexibility index (Phi) is 4.06. The maximum Gasteiger partial charge on any atom is 0.386 e.